The molecule has 6 nitrogen and oxygen atoms in total. The van der Waals surface area contributed by atoms with Gasteiger partial charge in [-0.1, -0.05) is 18.3 Å². The van der Waals surface area contributed by atoms with Gasteiger partial charge in [-0.3, -0.25) is 4.79 Å². The molecule has 0 radical (unpaired) electrons. The minimum atomic E-state index is -0.212. The van der Waals surface area contributed by atoms with Crippen LogP contribution in [0.4, 0.5) is 5.13 Å². The molecule has 90 valence electrons. The Balaban J connectivity index is 2.59. The Hall–Kier alpha value is -1.21. The van der Waals surface area contributed by atoms with Crippen molar-refractivity contribution in [3.05, 3.63) is 5.01 Å². The Morgan fingerprint density at radius 1 is 1.56 bits per heavy atom. The van der Waals surface area contributed by atoms with Gasteiger partial charge in [-0.15, -0.1) is 10.2 Å². The predicted molar refractivity (Wildman–Crippen MR) is 62.7 cm³/mol. The summed E-state index contributed by atoms with van der Waals surface area (Å²) in [4.78, 5) is 13.1. The number of aliphatic hydroxyl groups excluding tert-OH is 1. The van der Waals surface area contributed by atoms with E-state index in [0.29, 0.717) is 16.7 Å². The molecule has 0 aromatic carbocycles. The molecule has 0 unspecified atom stereocenters. The number of aliphatic hydroxyl groups is 1. The summed E-state index contributed by atoms with van der Waals surface area (Å²) in [6.07, 6.45) is 0.993. The van der Waals surface area contributed by atoms with Crippen molar-refractivity contribution in [2.45, 2.75) is 13.3 Å². The summed E-state index contributed by atoms with van der Waals surface area (Å²) < 4.78 is 0. The van der Waals surface area contributed by atoms with E-state index in [1.54, 1.807) is 7.05 Å². The van der Waals surface area contributed by atoms with Gasteiger partial charge in [0, 0.05) is 20.1 Å². The van der Waals surface area contributed by atoms with E-state index < -0.39 is 0 Å². The van der Waals surface area contributed by atoms with Crippen LogP contribution in [0.3, 0.4) is 0 Å². The molecule has 2 N–H and O–H groups in total. The van der Waals surface area contributed by atoms with Gasteiger partial charge in [0.1, 0.15) is 0 Å². The highest BCUT2D eigenvalue weighted by atomic mass is 32.1. The second-order valence-corrected chi connectivity index (χ2v) is 4.27. The maximum absolute atomic E-state index is 11.7. The van der Waals surface area contributed by atoms with Crippen LogP contribution in [0.1, 0.15) is 23.1 Å². The number of hydrogen-bond acceptors (Lipinski definition) is 6. The number of carbonyl (C=O) groups excluding carboxylic acids is 1. The molecule has 1 heterocycles. The highest BCUT2D eigenvalue weighted by Gasteiger charge is 2.16. The predicted octanol–water partition coefficient (Wildman–Crippen LogP) is 0.424. The lowest BCUT2D eigenvalue weighted by molar-refractivity contribution is 0.0765. The van der Waals surface area contributed by atoms with Gasteiger partial charge in [0.15, 0.2) is 0 Å². The number of rotatable bonds is 6. The average Bonchev–Trinajstić information content (AvgIpc) is 2.74. The number of likely N-dealkylation sites (N-methyl/N-ethyl adjacent to an activating group) is 1. The first-order chi connectivity index (χ1) is 7.69. The van der Waals surface area contributed by atoms with Crippen LogP contribution in [0.2, 0.25) is 0 Å². The first-order valence-corrected chi connectivity index (χ1v) is 5.94. The Kier molecular flexibility index (Phi) is 5.13. The van der Waals surface area contributed by atoms with E-state index in [1.807, 2.05) is 0 Å². The first kappa shape index (κ1) is 12.9. The van der Waals surface area contributed by atoms with Crippen molar-refractivity contribution in [3.8, 4) is 0 Å². The van der Waals surface area contributed by atoms with Gasteiger partial charge in [-0.2, -0.15) is 0 Å². The molecule has 1 aromatic rings. The van der Waals surface area contributed by atoms with E-state index in [1.165, 1.54) is 16.2 Å². The van der Waals surface area contributed by atoms with Crippen LogP contribution in [-0.2, 0) is 0 Å². The molecule has 1 rings (SSSR count). The van der Waals surface area contributed by atoms with E-state index in [9.17, 15) is 4.79 Å². The maximum Gasteiger partial charge on any atom is 0.284 e. The van der Waals surface area contributed by atoms with E-state index in [0.717, 1.165) is 13.0 Å². The van der Waals surface area contributed by atoms with Crippen LogP contribution in [0.15, 0.2) is 0 Å². The van der Waals surface area contributed by atoms with Crippen LogP contribution in [-0.4, -0.2) is 52.9 Å². The SMILES string of the molecule is CCCNc1nnc(C(=O)N(C)CCO)s1. The third kappa shape index (κ3) is 3.42. The second-order valence-electron chi connectivity index (χ2n) is 3.29. The minimum Gasteiger partial charge on any atom is -0.395 e. The fourth-order valence-corrected chi connectivity index (χ4v) is 1.79. The van der Waals surface area contributed by atoms with Gasteiger partial charge in [0.2, 0.25) is 10.1 Å². The maximum atomic E-state index is 11.7. The average molecular weight is 244 g/mol. The number of amides is 1. The molecule has 1 amide bonds. The molecule has 7 heteroatoms. The zero-order valence-corrected chi connectivity index (χ0v) is 10.3. The number of nitrogens with zero attached hydrogens (tertiary/aromatic N) is 3. The van der Waals surface area contributed by atoms with Crippen LogP contribution in [0.25, 0.3) is 0 Å². The van der Waals surface area contributed by atoms with Gasteiger partial charge >= 0.3 is 0 Å². The normalized spacial score (nSPS) is 10.2. The molecule has 16 heavy (non-hydrogen) atoms. The quantitative estimate of drug-likeness (QED) is 0.758. The number of aromatic nitrogens is 2. The molecule has 0 spiro atoms. The van der Waals surface area contributed by atoms with E-state index >= 15 is 0 Å². The lowest BCUT2D eigenvalue weighted by Crippen LogP contribution is -2.29. The van der Waals surface area contributed by atoms with Crippen LogP contribution >= 0.6 is 11.3 Å². The molecule has 0 fully saturated rings. The molecular weight excluding hydrogens is 228 g/mol. The lowest BCUT2D eigenvalue weighted by Gasteiger charge is -2.12. The summed E-state index contributed by atoms with van der Waals surface area (Å²) in [5.41, 5.74) is 0. The summed E-state index contributed by atoms with van der Waals surface area (Å²) in [5.74, 6) is -0.212. The van der Waals surface area contributed by atoms with Gasteiger partial charge in [0.25, 0.3) is 5.91 Å². The van der Waals surface area contributed by atoms with Gasteiger partial charge in [-0.05, 0) is 6.42 Å². The number of anilines is 1. The Bertz CT molecular complexity index is 342. The monoisotopic (exact) mass is 244 g/mol. The molecule has 0 aliphatic heterocycles. The van der Waals surface area contributed by atoms with Crippen LogP contribution < -0.4 is 5.32 Å². The van der Waals surface area contributed by atoms with Gasteiger partial charge in [0.05, 0.1) is 6.61 Å². The Morgan fingerprint density at radius 2 is 2.31 bits per heavy atom. The standard InChI is InChI=1S/C9H16N4O2S/c1-3-4-10-9-12-11-7(16-9)8(15)13(2)5-6-14/h14H,3-6H2,1-2H3,(H,10,12). The van der Waals surface area contributed by atoms with Crippen molar-refractivity contribution in [2.24, 2.45) is 0 Å². The van der Waals surface area contributed by atoms with E-state index in [4.69, 9.17) is 5.11 Å². The van der Waals surface area contributed by atoms with Gasteiger partial charge in [-0.25, -0.2) is 0 Å². The molecule has 0 bridgehead atoms. The van der Waals surface area contributed by atoms with Crippen molar-refractivity contribution in [1.82, 2.24) is 15.1 Å². The molecule has 0 saturated heterocycles. The second kappa shape index (κ2) is 6.39. The summed E-state index contributed by atoms with van der Waals surface area (Å²) in [7, 11) is 1.62. The molecule has 0 aliphatic carbocycles. The molecule has 1 aromatic heterocycles. The largest absolute Gasteiger partial charge is 0.395 e. The van der Waals surface area contributed by atoms with Crippen molar-refractivity contribution in [3.63, 3.8) is 0 Å². The molecule has 0 saturated carbocycles. The number of nitrogens with one attached hydrogen (secondary N) is 1. The fraction of sp³-hybridized carbons (Fsp3) is 0.667. The van der Waals surface area contributed by atoms with Crippen molar-refractivity contribution in [1.29, 1.82) is 0 Å². The summed E-state index contributed by atoms with van der Waals surface area (Å²) in [5, 5.41) is 20.4. The number of carbonyl (C=O) groups is 1. The van der Waals surface area contributed by atoms with E-state index in [2.05, 4.69) is 22.4 Å². The molecule has 0 aliphatic rings. The smallest absolute Gasteiger partial charge is 0.284 e. The van der Waals surface area contributed by atoms with Crippen molar-refractivity contribution in [2.75, 3.05) is 32.1 Å². The Labute approximate surface area is 98.3 Å². The summed E-state index contributed by atoms with van der Waals surface area (Å²) in [6, 6.07) is 0. The number of hydrogen-bond donors (Lipinski definition) is 2. The van der Waals surface area contributed by atoms with E-state index in [-0.39, 0.29) is 12.5 Å². The molecular formula is C9H16N4O2S. The third-order valence-corrected chi connectivity index (χ3v) is 2.79. The third-order valence-electron chi connectivity index (χ3n) is 1.92. The first-order valence-electron chi connectivity index (χ1n) is 5.12. The zero-order valence-electron chi connectivity index (χ0n) is 9.43. The highest BCUT2D eigenvalue weighted by Crippen LogP contribution is 2.16. The fourth-order valence-electron chi connectivity index (χ4n) is 1.03. The topological polar surface area (TPSA) is 78.4 Å². The minimum absolute atomic E-state index is 0.0536. The van der Waals surface area contributed by atoms with Crippen LogP contribution in [0.5, 0.6) is 0 Å². The van der Waals surface area contributed by atoms with Crippen molar-refractivity contribution < 1.29 is 9.90 Å². The van der Waals surface area contributed by atoms with Crippen molar-refractivity contribution >= 4 is 22.4 Å². The Morgan fingerprint density at radius 3 is 2.94 bits per heavy atom. The molecule has 0 atom stereocenters. The highest BCUT2D eigenvalue weighted by molar-refractivity contribution is 7.17. The summed E-state index contributed by atoms with van der Waals surface area (Å²) >= 11 is 1.23. The lowest BCUT2D eigenvalue weighted by atomic mass is 10.5. The van der Waals surface area contributed by atoms with Crippen LogP contribution in [0, 0.1) is 0 Å². The summed E-state index contributed by atoms with van der Waals surface area (Å²) in [6.45, 7) is 3.11. The zero-order chi connectivity index (χ0) is 12.0. The van der Waals surface area contributed by atoms with Gasteiger partial charge < -0.3 is 15.3 Å².